The van der Waals surface area contributed by atoms with Crippen molar-refractivity contribution in [3.05, 3.63) is 29.7 Å². The van der Waals surface area contributed by atoms with Gasteiger partial charge in [0.25, 0.3) is 0 Å². The molecule has 1 aromatic carbocycles. The molecule has 0 aliphatic rings. The van der Waals surface area contributed by atoms with Crippen molar-refractivity contribution in [2.24, 2.45) is 0 Å². The highest BCUT2D eigenvalue weighted by Gasteiger charge is 2.04. The number of aromatic amines is 1. The van der Waals surface area contributed by atoms with Crippen molar-refractivity contribution in [1.29, 1.82) is 5.26 Å². The molecule has 0 saturated heterocycles. The molecule has 2 rings (SSSR count). The molecule has 13 heavy (non-hydrogen) atoms. The lowest BCUT2D eigenvalue weighted by atomic mass is 10.2. The SMILES string of the molecule is N#Cc1cc2cc(F)c(N)cc2[nH]1. The number of rotatable bonds is 0. The number of nitriles is 1. The number of H-pyrrole nitrogens is 1. The molecule has 0 bridgehead atoms. The molecule has 64 valence electrons. The molecule has 0 aliphatic carbocycles. The van der Waals surface area contributed by atoms with Crippen LogP contribution in [-0.2, 0) is 0 Å². The van der Waals surface area contributed by atoms with Gasteiger partial charge in [-0.15, -0.1) is 0 Å². The third-order valence-electron chi connectivity index (χ3n) is 1.86. The molecule has 0 spiro atoms. The molecule has 0 unspecified atom stereocenters. The van der Waals surface area contributed by atoms with E-state index in [9.17, 15) is 4.39 Å². The number of hydrogen-bond donors (Lipinski definition) is 2. The lowest BCUT2D eigenvalue weighted by Gasteiger charge is -1.95. The van der Waals surface area contributed by atoms with Gasteiger partial charge >= 0.3 is 0 Å². The number of halogens is 1. The first-order chi connectivity index (χ1) is 6.20. The quantitative estimate of drug-likeness (QED) is 0.599. The standard InChI is InChI=1S/C9H6FN3/c10-7-2-5-1-6(4-11)13-9(5)3-8(7)12/h1-3,13H,12H2. The lowest BCUT2D eigenvalue weighted by molar-refractivity contribution is 0.634. The normalized spacial score (nSPS) is 10.2. The largest absolute Gasteiger partial charge is 0.396 e. The minimum atomic E-state index is -0.462. The van der Waals surface area contributed by atoms with Crippen molar-refractivity contribution < 1.29 is 4.39 Å². The Morgan fingerprint density at radius 2 is 2.15 bits per heavy atom. The summed E-state index contributed by atoms with van der Waals surface area (Å²) in [5.74, 6) is -0.462. The third-order valence-corrected chi connectivity index (χ3v) is 1.86. The van der Waals surface area contributed by atoms with Crippen LogP contribution in [0.4, 0.5) is 10.1 Å². The van der Waals surface area contributed by atoms with Crippen LogP contribution in [0.2, 0.25) is 0 Å². The fraction of sp³-hybridized carbons (Fsp3) is 0. The van der Waals surface area contributed by atoms with Crippen molar-refractivity contribution in [3.8, 4) is 6.07 Å². The fourth-order valence-electron chi connectivity index (χ4n) is 1.23. The highest BCUT2D eigenvalue weighted by molar-refractivity contribution is 5.84. The average Bonchev–Trinajstić information content (AvgIpc) is 2.48. The maximum atomic E-state index is 12.9. The second-order valence-electron chi connectivity index (χ2n) is 2.76. The Kier molecular flexibility index (Phi) is 1.46. The summed E-state index contributed by atoms with van der Waals surface area (Å²) in [6.45, 7) is 0. The second kappa shape index (κ2) is 2.49. The molecular weight excluding hydrogens is 169 g/mol. The van der Waals surface area contributed by atoms with Crippen molar-refractivity contribution in [2.45, 2.75) is 0 Å². The van der Waals surface area contributed by atoms with E-state index in [1.807, 2.05) is 6.07 Å². The van der Waals surface area contributed by atoms with Crippen LogP contribution in [0.15, 0.2) is 18.2 Å². The first kappa shape index (κ1) is 7.62. The van der Waals surface area contributed by atoms with E-state index < -0.39 is 5.82 Å². The third kappa shape index (κ3) is 1.11. The van der Waals surface area contributed by atoms with Crippen LogP contribution in [0.5, 0.6) is 0 Å². The van der Waals surface area contributed by atoms with Gasteiger partial charge < -0.3 is 10.7 Å². The summed E-state index contributed by atoms with van der Waals surface area (Å²) in [5.41, 5.74) is 6.52. The molecule has 2 aromatic rings. The van der Waals surface area contributed by atoms with E-state index >= 15 is 0 Å². The second-order valence-corrected chi connectivity index (χ2v) is 2.76. The van der Waals surface area contributed by atoms with Crippen LogP contribution in [0.1, 0.15) is 5.69 Å². The number of anilines is 1. The lowest BCUT2D eigenvalue weighted by Crippen LogP contribution is -1.88. The molecule has 0 fully saturated rings. The van der Waals surface area contributed by atoms with Gasteiger partial charge in [-0.3, -0.25) is 0 Å². The molecule has 0 amide bonds. The predicted octanol–water partition coefficient (Wildman–Crippen LogP) is 1.76. The van der Waals surface area contributed by atoms with Gasteiger partial charge in [0.15, 0.2) is 0 Å². The molecule has 0 atom stereocenters. The van der Waals surface area contributed by atoms with Gasteiger partial charge in [-0.25, -0.2) is 4.39 Å². The number of aromatic nitrogens is 1. The average molecular weight is 175 g/mol. The number of fused-ring (bicyclic) bond motifs is 1. The predicted molar refractivity (Wildman–Crippen MR) is 47.4 cm³/mol. The Bertz CT molecular complexity index is 468. The molecule has 3 nitrogen and oxygen atoms in total. The minimum absolute atomic E-state index is 0.0823. The van der Waals surface area contributed by atoms with E-state index in [1.165, 1.54) is 12.1 Å². The summed E-state index contributed by atoms with van der Waals surface area (Å²) in [7, 11) is 0. The maximum Gasteiger partial charge on any atom is 0.146 e. The molecule has 0 radical (unpaired) electrons. The van der Waals surface area contributed by atoms with Gasteiger partial charge in [-0.2, -0.15) is 5.26 Å². The zero-order chi connectivity index (χ0) is 9.42. The summed E-state index contributed by atoms with van der Waals surface area (Å²) in [6.07, 6.45) is 0. The van der Waals surface area contributed by atoms with Gasteiger partial charge in [-0.05, 0) is 18.2 Å². The highest BCUT2D eigenvalue weighted by atomic mass is 19.1. The van der Waals surface area contributed by atoms with Gasteiger partial charge in [0.05, 0.1) is 5.69 Å². The monoisotopic (exact) mass is 175 g/mol. The Balaban J connectivity index is 2.79. The van der Waals surface area contributed by atoms with Crippen molar-refractivity contribution >= 4 is 16.6 Å². The van der Waals surface area contributed by atoms with Gasteiger partial charge in [-0.1, -0.05) is 0 Å². The van der Waals surface area contributed by atoms with E-state index in [-0.39, 0.29) is 5.69 Å². The van der Waals surface area contributed by atoms with E-state index in [1.54, 1.807) is 6.07 Å². The smallest absolute Gasteiger partial charge is 0.146 e. The first-order valence-corrected chi connectivity index (χ1v) is 3.68. The van der Waals surface area contributed by atoms with Crippen LogP contribution in [-0.4, -0.2) is 4.98 Å². The zero-order valence-corrected chi connectivity index (χ0v) is 6.63. The molecular formula is C9H6FN3. The number of benzene rings is 1. The number of nitrogens with zero attached hydrogens (tertiary/aromatic N) is 1. The topological polar surface area (TPSA) is 65.6 Å². The zero-order valence-electron chi connectivity index (χ0n) is 6.63. The van der Waals surface area contributed by atoms with Crippen LogP contribution < -0.4 is 5.73 Å². The number of nitrogens with two attached hydrogens (primary N) is 1. The number of hydrogen-bond acceptors (Lipinski definition) is 2. The van der Waals surface area contributed by atoms with Crippen molar-refractivity contribution in [3.63, 3.8) is 0 Å². The van der Waals surface area contributed by atoms with Gasteiger partial charge in [0, 0.05) is 10.9 Å². The Morgan fingerprint density at radius 3 is 2.85 bits per heavy atom. The highest BCUT2D eigenvalue weighted by Crippen LogP contribution is 2.20. The Morgan fingerprint density at radius 1 is 1.38 bits per heavy atom. The first-order valence-electron chi connectivity index (χ1n) is 3.68. The minimum Gasteiger partial charge on any atom is -0.396 e. The summed E-state index contributed by atoms with van der Waals surface area (Å²) in [6, 6.07) is 6.30. The summed E-state index contributed by atoms with van der Waals surface area (Å²) in [5, 5.41) is 9.23. The fourth-order valence-corrected chi connectivity index (χ4v) is 1.23. The summed E-state index contributed by atoms with van der Waals surface area (Å²) >= 11 is 0. The molecule has 1 heterocycles. The molecule has 3 N–H and O–H groups in total. The van der Waals surface area contributed by atoms with E-state index in [0.29, 0.717) is 16.6 Å². The summed E-state index contributed by atoms with van der Waals surface area (Å²) in [4.78, 5) is 2.81. The Hall–Kier alpha value is -2.02. The van der Waals surface area contributed by atoms with Crippen LogP contribution in [0, 0.1) is 17.1 Å². The molecule has 4 heteroatoms. The van der Waals surface area contributed by atoms with Gasteiger partial charge in [0.2, 0.25) is 0 Å². The molecule has 0 aliphatic heterocycles. The van der Waals surface area contributed by atoms with Crippen LogP contribution >= 0.6 is 0 Å². The Labute approximate surface area is 73.6 Å². The summed E-state index contributed by atoms with van der Waals surface area (Å²) < 4.78 is 12.9. The van der Waals surface area contributed by atoms with Crippen LogP contribution in [0.25, 0.3) is 10.9 Å². The molecule has 0 saturated carbocycles. The number of nitrogens with one attached hydrogen (secondary N) is 1. The van der Waals surface area contributed by atoms with Crippen LogP contribution in [0.3, 0.4) is 0 Å². The van der Waals surface area contributed by atoms with E-state index in [0.717, 1.165) is 0 Å². The van der Waals surface area contributed by atoms with Crippen molar-refractivity contribution in [1.82, 2.24) is 4.98 Å². The van der Waals surface area contributed by atoms with E-state index in [4.69, 9.17) is 11.0 Å². The van der Waals surface area contributed by atoms with Gasteiger partial charge in [0.1, 0.15) is 17.6 Å². The van der Waals surface area contributed by atoms with E-state index in [2.05, 4.69) is 4.98 Å². The number of nitrogen functional groups attached to an aromatic ring is 1. The maximum absolute atomic E-state index is 12.9. The molecule has 1 aromatic heterocycles. The van der Waals surface area contributed by atoms with Crippen molar-refractivity contribution in [2.75, 3.05) is 5.73 Å².